The molecule has 2 aliphatic heterocycles. The Morgan fingerprint density at radius 2 is 1.93 bits per heavy atom. The van der Waals surface area contributed by atoms with Gasteiger partial charge in [-0.1, -0.05) is 37.3 Å². The number of benzene rings is 1. The third kappa shape index (κ3) is 5.08. The SMILES string of the molecule is CCN1CCN(c2cc(CNC(=O)N3CCSCC3c3ccccc3)ccn2)CC1. The van der Waals surface area contributed by atoms with Gasteiger partial charge in [-0.15, -0.1) is 0 Å². The van der Waals surface area contributed by atoms with E-state index in [0.717, 1.165) is 62.2 Å². The Bertz CT molecular complexity index is 825. The molecule has 0 saturated carbocycles. The van der Waals surface area contributed by atoms with E-state index in [-0.39, 0.29) is 12.1 Å². The number of carbonyl (C=O) groups excluding carboxylic acids is 1. The molecule has 2 aliphatic rings. The molecule has 3 heterocycles. The number of amides is 2. The Balaban J connectivity index is 1.36. The predicted octanol–water partition coefficient (Wildman–Crippen LogP) is 3.22. The lowest BCUT2D eigenvalue weighted by Gasteiger charge is -2.36. The second-order valence-electron chi connectivity index (χ2n) is 7.80. The van der Waals surface area contributed by atoms with Crippen molar-refractivity contribution >= 4 is 23.6 Å². The van der Waals surface area contributed by atoms with Gasteiger partial charge in [0.2, 0.25) is 0 Å². The van der Waals surface area contributed by atoms with Gasteiger partial charge >= 0.3 is 6.03 Å². The fourth-order valence-electron chi connectivity index (χ4n) is 4.11. The Morgan fingerprint density at radius 1 is 1.13 bits per heavy atom. The molecule has 1 aromatic heterocycles. The van der Waals surface area contributed by atoms with Crippen molar-refractivity contribution < 1.29 is 4.79 Å². The van der Waals surface area contributed by atoms with E-state index < -0.39 is 0 Å². The van der Waals surface area contributed by atoms with Gasteiger partial charge in [-0.2, -0.15) is 11.8 Å². The van der Waals surface area contributed by atoms with Crippen LogP contribution in [0.25, 0.3) is 0 Å². The number of urea groups is 1. The Labute approximate surface area is 183 Å². The van der Waals surface area contributed by atoms with Gasteiger partial charge in [-0.05, 0) is 29.8 Å². The minimum absolute atomic E-state index is 0.0130. The molecule has 4 rings (SSSR count). The van der Waals surface area contributed by atoms with Crippen LogP contribution >= 0.6 is 11.8 Å². The first-order chi connectivity index (χ1) is 14.7. The average Bonchev–Trinajstić information content (AvgIpc) is 2.83. The Hall–Kier alpha value is -2.25. The number of nitrogens with one attached hydrogen (secondary N) is 1. The highest BCUT2D eigenvalue weighted by atomic mass is 32.2. The van der Waals surface area contributed by atoms with Crippen molar-refractivity contribution in [1.82, 2.24) is 20.1 Å². The number of thioether (sulfide) groups is 1. The van der Waals surface area contributed by atoms with Crippen molar-refractivity contribution in [3.63, 3.8) is 0 Å². The summed E-state index contributed by atoms with van der Waals surface area (Å²) in [6, 6.07) is 14.6. The summed E-state index contributed by atoms with van der Waals surface area (Å²) >= 11 is 1.91. The number of nitrogens with zero attached hydrogens (tertiary/aromatic N) is 4. The van der Waals surface area contributed by atoms with E-state index in [9.17, 15) is 4.79 Å². The van der Waals surface area contributed by atoms with Gasteiger partial charge in [-0.3, -0.25) is 0 Å². The fourth-order valence-corrected chi connectivity index (χ4v) is 5.20. The number of carbonyl (C=O) groups is 1. The van der Waals surface area contributed by atoms with Crippen molar-refractivity contribution in [1.29, 1.82) is 0 Å². The molecule has 30 heavy (non-hydrogen) atoms. The van der Waals surface area contributed by atoms with Gasteiger partial charge < -0.3 is 20.0 Å². The number of hydrogen-bond donors (Lipinski definition) is 1. The molecule has 1 aromatic carbocycles. The Morgan fingerprint density at radius 3 is 2.70 bits per heavy atom. The summed E-state index contributed by atoms with van der Waals surface area (Å²) in [6.45, 7) is 8.77. The maximum atomic E-state index is 13.0. The number of piperazine rings is 1. The smallest absolute Gasteiger partial charge is 0.318 e. The zero-order valence-electron chi connectivity index (χ0n) is 17.7. The van der Waals surface area contributed by atoms with Crippen LogP contribution < -0.4 is 10.2 Å². The summed E-state index contributed by atoms with van der Waals surface area (Å²) in [5.74, 6) is 2.94. The van der Waals surface area contributed by atoms with Crippen molar-refractivity contribution in [2.75, 3.05) is 55.7 Å². The van der Waals surface area contributed by atoms with E-state index in [4.69, 9.17) is 0 Å². The standard InChI is InChI=1S/C23H31N5OS/c1-2-26-10-12-27(13-11-26)22-16-19(8-9-24-22)17-25-23(29)28-14-15-30-18-21(28)20-6-4-3-5-7-20/h3-9,16,21H,2,10-15,17-18H2,1H3,(H,25,29). The van der Waals surface area contributed by atoms with Crippen molar-refractivity contribution in [3.8, 4) is 0 Å². The van der Waals surface area contributed by atoms with Crippen LogP contribution in [-0.2, 0) is 6.54 Å². The number of rotatable bonds is 5. The number of hydrogen-bond acceptors (Lipinski definition) is 5. The molecule has 1 atom stereocenters. The van der Waals surface area contributed by atoms with Crippen molar-refractivity contribution in [2.45, 2.75) is 19.5 Å². The molecule has 0 spiro atoms. The van der Waals surface area contributed by atoms with Crippen LogP contribution in [0.3, 0.4) is 0 Å². The molecule has 1 N–H and O–H groups in total. The van der Waals surface area contributed by atoms with Crippen LogP contribution in [0.2, 0.25) is 0 Å². The maximum Gasteiger partial charge on any atom is 0.318 e. The first-order valence-electron chi connectivity index (χ1n) is 10.8. The lowest BCUT2D eigenvalue weighted by Crippen LogP contribution is -2.46. The second kappa shape index (κ2) is 10.2. The largest absolute Gasteiger partial charge is 0.354 e. The monoisotopic (exact) mass is 425 g/mol. The molecule has 7 heteroatoms. The second-order valence-corrected chi connectivity index (χ2v) is 8.95. The van der Waals surface area contributed by atoms with Crippen LogP contribution in [0.4, 0.5) is 10.6 Å². The van der Waals surface area contributed by atoms with Crippen molar-refractivity contribution in [2.24, 2.45) is 0 Å². The van der Waals surface area contributed by atoms with Gasteiger partial charge in [0.25, 0.3) is 0 Å². The summed E-state index contributed by atoms with van der Waals surface area (Å²) < 4.78 is 0. The van der Waals surface area contributed by atoms with Gasteiger partial charge in [0.05, 0.1) is 6.04 Å². The number of anilines is 1. The zero-order chi connectivity index (χ0) is 20.8. The van der Waals surface area contributed by atoms with E-state index in [2.05, 4.69) is 45.2 Å². The molecule has 6 nitrogen and oxygen atoms in total. The maximum absolute atomic E-state index is 13.0. The van der Waals surface area contributed by atoms with Gasteiger partial charge in [0.1, 0.15) is 5.82 Å². The normalized spacial score (nSPS) is 20.2. The molecule has 0 bridgehead atoms. The molecule has 1 unspecified atom stereocenters. The van der Waals surface area contributed by atoms with Crippen LogP contribution in [0.1, 0.15) is 24.1 Å². The molecule has 2 saturated heterocycles. The van der Waals surface area contributed by atoms with Crippen LogP contribution in [0, 0.1) is 0 Å². The number of pyridine rings is 1. The lowest BCUT2D eigenvalue weighted by molar-refractivity contribution is 0.182. The number of likely N-dealkylation sites (N-methyl/N-ethyl adjacent to an activating group) is 1. The van der Waals surface area contributed by atoms with E-state index in [0.29, 0.717) is 6.54 Å². The molecule has 0 aliphatic carbocycles. The summed E-state index contributed by atoms with van der Waals surface area (Å²) in [4.78, 5) is 24.3. The molecule has 2 fully saturated rings. The first kappa shape index (κ1) is 21.0. The lowest BCUT2D eigenvalue weighted by atomic mass is 10.1. The highest BCUT2D eigenvalue weighted by Crippen LogP contribution is 2.29. The highest BCUT2D eigenvalue weighted by molar-refractivity contribution is 7.99. The van der Waals surface area contributed by atoms with Crippen LogP contribution in [0.5, 0.6) is 0 Å². The van der Waals surface area contributed by atoms with E-state index in [1.165, 1.54) is 5.56 Å². The van der Waals surface area contributed by atoms with Crippen LogP contribution in [0.15, 0.2) is 48.7 Å². The van der Waals surface area contributed by atoms with Crippen LogP contribution in [-0.4, -0.2) is 71.6 Å². The highest BCUT2D eigenvalue weighted by Gasteiger charge is 2.28. The van der Waals surface area contributed by atoms with E-state index in [1.807, 2.05) is 47.1 Å². The molecule has 0 radical (unpaired) electrons. The van der Waals surface area contributed by atoms with Crippen molar-refractivity contribution in [3.05, 3.63) is 59.8 Å². The fraction of sp³-hybridized carbons (Fsp3) is 0.478. The Kier molecular flexibility index (Phi) is 7.12. The minimum Gasteiger partial charge on any atom is -0.354 e. The van der Waals surface area contributed by atoms with Gasteiger partial charge in [-0.25, -0.2) is 9.78 Å². The summed E-state index contributed by atoms with van der Waals surface area (Å²) in [5.41, 5.74) is 2.30. The number of aromatic nitrogens is 1. The summed E-state index contributed by atoms with van der Waals surface area (Å²) in [7, 11) is 0. The molecule has 160 valence electrons. The van der Waals surface area contributed by atoms with Gasteiger partial charge in [0, 0.05) is 57.0 Å². The zero-order valence-corrected chi connectivity index (χ0v) is 18.5. The topological polar surface area (TPSA) is 51.7 Å². The minimum atomic E-state index is 0.0130. The van der Waals surface area contributed by atoms with E-state index in [1.54, 1.807) is 0 Å². The van der Waals surface area contributed by atoms with E-state index >= 15 is 0 Å². The molecule has 2 aromatic rings. The third-order valence-corrected chi connectivity index (χ3v) is 6.99. The molecular formula is C23H31N5OS. The quantitative estimate of drug-likeness (QED) is 0.797. The molecule has 2 amide bonds. The van der Waals surface area contributed by atoms with Gasteiger partial charge in [0.15, 0.2) is 0 Å². The average molecular weight is 426 g/mol. The third-order valence-electron chi connectivity index (χ3n) is 5.97. The summed E-state index contributed by atoms with van der Waals surface area (Å²) in [6.07, 6.45) is 1.85. The first-order valence-corrected chi connectivity index (χ1v) is 12.0. The summed E-state index contributed by atoms with van der Waals surface area (Å²) in [5, 5.41) is 3.14. The molecular weight excluding hydrogens is 394 g/mol. The predicted molar refractivity (Wildman–Crippen MR) is 124 cm³/mol.